The highest BCUT2D eigenvalue weighted by Gasteiger charge is 2.36. The van der Waals surface area contributed by atoms with Crippen LogP contribution in [-0.4, -0.2) is 61.7 Å². The van der Waals surface area contributed by atoms with Gasteiger partial charge in [-0.2, -0.15) is 4.31 Å². The summed E-state index contributed by atoms with van der Waals surface area (Å²) in [7, 11) is -3.66. The molecule has 2 aromatic rings. The number of rotatable bonds is 4. The fourth-order valence-corrected chi connectivity index (χ4v) is 7.30. The van der Waals surface area contributed by atoms with Gasteiger partial charge >= 0.3 is 0 Å². The summed E-state index contributed by atoms with van der Waals surface area (Å²) in [6.45, 7) is 5.48. The van der Waals surface area contributed by atoms with Crippen LogP contribution >= 0.6 is 0 Å². The molecule has 5 rings (SSSR count). The van der Waals surface area contributed by atoms with Crippen LogP contribution in [0.1, 0.15) is 44.2 Å². The molecule has 0 aromatic heterocycles. The fourth-order valence-electron chi connectivity index (χ4n) is 5.78. The second-order valence-electron chi connectivity index (χ2n) is 10.0. The van der Waals surface area contributed by atoms with E-state index in [4.69, 9.17) is 0 Å². The van der Waals surface area contributed by atoms with E-state index in [1.165, 1.54) is 22.4 Å². The minimum atomic E-state index is -3.66. The predicted molar refractivity (Wildman–Crippen MR) is 140 cm³/mol. The van der Waals surface area contributed by atoms with Crippen LogP contribution in [0.4, 0.5) is 5.69 Å². The number of hydrogen-bond donors (Lipinski definition) is 0. The van der Waals surface area contributed by atoms with Crippen molar-refractivity contribution in [3.8, 4) is 0 Å². The summed E-state index contributed by atoms with van der Waals surface area (Å²) < 4.78 is 28.3. The van der Waals surface area contributed by atoms with Crippen LogP contribution in [0.2, 0.25) is 0 Å². The lowest BCUT2D eigenvalue weighted by molar-refractivity contribution is -0.136. The van der Waals surface area contributed by atoms with Gasteiger partial charge in [-0.1, -0.05) is 36.4 Å². The van der Waals surface area contributed by atoms with Crippen molar-refractivity contribution in [3.05, 3.63) is 65.7 Å². The number of anilines is 1. The van der Waals surface area contributed by atoms with Gasteiger partial charge in [-0.15, -0.1) is 0 Å². The number of piperidine rings is 1. The lowest BCUT2D eigenvalue weighted by atomic mass is 9.94. The fraction of sp³-hybridized carbons (Fsp3) is 0.429. The third-order valence-electron chi connectivity index (χ3n) is 7.71. The Kier molecular flexibility index (Phi) is 6.74. The first-order valence-electron chi connectivity index (χ1n) is 12.7. The lowest BCUT2D eigenvalue weighted by Gasteiger charge is -2.35. The van der Waals surface area contributed by atoms with E-state index in [9.17, 15) is 18.0 Å². The number of carbonyl (C=O) groups is 2. The highest BCUT2D eigenvalue weighted by atomic mass is 32.2. The molecule has 0 aliphatic carbocycles. The van der Waals surface area contributed by atoms with Gasteiger partial charge in [0.1, 0.15) is 0 Å². The molecule has 0 bridgehead atoms. The number of fused-ring (bicyclic) bond motifs is 1. The standard InChI is InChI=1S/C28H33N3O4S/c1-20-18-25-19-26(8-9-27(25)31(20)21(2)32)36(34,35)30-16-12-24(13-17-30)28(33)29-14-10-23(11-15-29)22-6-4-3-5-7-22/h3-10,19-20,24H,11-18H2,1-2H3/t20-/m1/s1. The van der Waals surface area contributed by atoms with Crippen molar-refractivity contribution >= 4 is 33.1 Å². The first-order valence-corrected chi connectivity index (χ1v) is 14.2. The first-order chi connectivity index (χ1) is 17.3. The van der Waals surface area contributed by atoms with Crippen LogP contribution < -0.4 is 4.90 Å². The van der Waals surface area contributed by atoms with Crippen LogP contribution in [0.25, 0.3) is 5.57 Å². The Morgan fingerprint density at radius 2 is 1.69 bits per heavy atom. The Balaban J connectivity index is 1.21. The molecule has 1 fully saturated rings. The molecule has 3 aliphatic rings. The zero-order valence-electron chi connectivity index (χ0n) is 20.9. The molecule has 0 N–H and O–H groups in total. The summed E-state index contributed by atoms with van der Waals surface area (Å²) in [6, 6.07) is 15.3. The average Bonchev–Trinajstić information content (AvgIpc) is 3.24. The van der Waals surface area contributed by atoms with Crippen LogP contribution in [-0.2, 0) is 26.0 Å². The quantitative estimate of drug-likeness (QED) is 0.632. The minimum Gasteiger partial charge on any atom is -0.338 e. The molecule has 0 spiro atoms. The number of benzene rings is 2. The van der Waals surface area contributed by atoms with Gasteiger partial charge in [0.15, 0.2) is 0 Å². The van der Waals surface area contributed by atoms with E-state index in [0.717, 1.165) is 17.7 Å². The molecule has 8 heteroatoms. The maximum atomic E-state index is 13.4. The number of nitrogens with zero attached hydrogens (tertiary/aromatic N) is 3. The molecule has 2 aromatic carbocycles. The smallest absolute Gasteiger partial charge is 0.243 e. The number of carbonyl (C=O) groups excluding carboxylic acids is 2. The van der Waals surface area contributed by atoms with Crippen LogP contribution in [0.3, 0.4) is 0 Å². The largest absolute Gasteiger partial charge is 0.338 e. The van der Waals surface area contributed by atoms with Gasteiger partial charge in [0.25, 0.3) is 0 Å². The van der Waals surface area contributed by atoms with Gasteiger partial charge in [0.2, 0.25) is 21.8 Å². The highest BCUT2D eigenvalue weighted by Crippen LogP contribution is 2.35. The van der Waals surface area contributed by atoms with Gasteiger partial charge in [-0.05, 0) is 67.5 Å². The van der Waals surface area contributed by atoms with Crippen molar-refractivity contribution < 1.29 is 18.0 Å². The molecule has 0 unspecified atom stereocenters. The van der Waals surface area contributed by atoms with Gasteiger partial charge in [0.05, 0.1) is 4.90 Å². The maximum absolute atomic E-state index is 13.4. The van der Waals surface area contributed by atoms with Gasteiger partial charge in [-0.3, -0.25) is 9.59 Å². The third-order valence-corrected chi connectivity index (χ3v) is 9.61. The molecular weight excluding hydrogens is 474 g/mol. The molecule has 3 heterocycles. The highest BCUT2D eigenvalue weighted by molar-refractivity contribution is 7.89. The lowest BCUT2D eigenvalue weighted by Crippen LogP contribution is -2.45. The second-order valence-corrected chi connectivity index (χ2v) is 12.0. The van der Waals surface area contributed by atoms with Crippen molar-refractivity contribution in [1.29, 1.82) is 0 Å². The van der Waals surface area contributed by atoms with E-state index in [-0.39, 0.29) is 28.7 Å². The zero-order chi connectivity index (χ0) is 25.4. The Morgan fingerprint density at radius 3 is 2.33 bits per heavy atom. The van der Waals surface area contributed by atoms with E-state index in [2.05, 4.69) is 18.2 Å². The zero-order valence-corrected chi connectivity index (χ0v) is 21.7. The van der Waals surface area contributed by atoms with Crippen molar-refractivity contribution in [1.82, 2.24) is 9.21 Å². The summed E-state index contributed by atoms with van der Waals surface area (Å²) in [6.07, 6.45) is 4.68. The number of amides is 2. The topological polar surface area (TPSA) is 78.0 Å². The normalized spacial score (nSPS) is 21.3. The predicted octanol–water partition coefficient (Wildman–Crippen LogP) is 3.70. The molecular formula is C28H33N3O4S. The summed E-state index contributed by atoms with van der Waals surface area (Å²) in [5.41, 5.74) is 4.16. The van der Waals surface area contributed by atoms with E-state index < -0.39 is 10.0 Å². The molecule has 0 radical (unpaired) electrons. The number of hydrogen-bond acceptors (Lipinski definition) is 4. The summed E-state index contributed by atoms with van der Waals surface area (Å²) in [4.78, 5) is 29.1. The Labute approximate surface area is 213 Å². The molecule has 7 nitrogen and oxygen atoms in total. The van der Waals surface area contributed by atoms with E-state index in [0.29, 0.717) is 45.4 Å². The first kappa shape index (κ1) is 24.7. The van der Waals surface area contributed by atoms with Gasteiger partial charge in [-0.25, -0.2) is 8.42 Å². The van der Waals surface area contributed by atoms with Crippen molar-refractivity contribution in [3.63, 3.8) is 0 Å². The van der Waals surface area contributed by atoms with Crippen LogP contribution in [0.5, 0.6) is 0 Å². The second kappa shape index (κ2) is 9.82. The molecule has 1 atom stereocenters. The number of sulfonamides is 1. The average molecular weight is 508 g/mol. The minimum absolute atomic E-state index is 0.0191. The van der Waals surface area contributed by atoms with Crippen LogP contribution in [0.15, 0.2) is 59.5 Å². The van der Waals surface area contributed by atoms with E-state index >= 15 is 0 Å². The molecule has 0 saturated carbocycles. The van der Waals surface area contributed by atoms with Crippen LogP contribution in [0, 0.1) is 5.92 Å². The summed E-state index contributed by atoms with van der Waals surface area (Å²) in [5.74, 6) is -0.0524. The summed E-state index contributed by atoms with van der Waals surface area (Å²) >= 11 is 0. The van der Waals surface area contributed by atoms with Crippen molar-refractivity contribution in [2.75, 3.05) is 31.1 Å². The monoisotopic (exact) mass is 507 g/mol. The van der Waals surface area contributed by atoms with Gasteiger partial charge in [0, 0.05) is 50.7 Å². The summed E-state index contributed by atoms with van der Waals surface area (Å²) in [5, 5.41) is 0. The molecule has 190 valence electrons. The Morgan fingerprint density at radius 1 is 0.972 bits per heavy atom. The Bertz CT molecular complexity index is 1300. The SMILES string of the molecule is CC(=O)N1c2ccc(S(=O)(=O)N3CCC(C(=O)N4CC=C(c5ccccc5)CC4)CC3)cc2C[C@H]1C. The van der Waals surface area contributed by atoms with Gasteiger partial charge < -0.3 is 9.80 Å². The van der Waals surface area contributed by atoms with E-state index in [1.54, 1.807) is 23.1 Å². The maximum Gasteiger partial charge on any atom is 0.243 e. The third kappa shape index (κ3) is 4.60. The van der Waals surface area contributed by atoms with E-state index in [1.807, 2.05) is 30.0 Å². The Hall–Kier alpha value is -2.97. The molecule has 36 heavy (non-hydrogen) atoms. The molecule has 1 saturated heterocycles. The van der Waals surface area contributed by atoms with Crippen molar-refractivity contribution in [2.24, 2.45) is 5.92 Å². The van der Waals surface area contributed by atoms with Crippen molar-refractivity contribution in [2.45, 2.75) is 50.5 Å². The molecule has 3 aliphatic heterocycles. The molecule has 2 amide bonds.